The van der Waals surface area contributed by atoms with Crippen LogP contribution in [0.25, 0.3) is 0 Å². The van der Waals surface area contributed by atoms with Gasteiger partial charge in [0, 0.05) is 20.5 Å². The molecular formula is C14H24O3. The Kier molecular flexibility index (Phi) is 7.55. The summed E-state index contributed by atoms with van der Waals surface area (Å²) in [5, 5.41) is 0. The van der Waals surface area contributed by atoms with Crippen molar-refractivity contribution in [1.29, 1.82) is 0 Å². The second-order valence-corrected chi connectivity index (χ2v) is 4.66. The van der Waals surface area contributed by atoms with E-state index in [0.717, 1.165) is 0 Å². The average molecular weight is 240 g/mol. The van der Waals surface area contributed by atoms with Gasteiger partial charge in [0.2, 0.25) is 6.29 Å². The van der Waals surface area contributed by atoms with Gasteiger partial charge in [-0.2, -0.15) is 0 Å². The highest BCUT2D eigenvalue weighted by Gasteiger charge is 2.11. The standard InChI is InChI=1S/C8H12.C6H12O3/c1-8(2)6-4-3-5-7-8;1-4-6(8-3)9-5(2)7/h3-6H,7H2,1-2H3;6H,4H2,1-3H3. The summed E-state index contributed by atoms with van der Waals surface area (Å²) in [7, 11) is 1.51. The minimum Gasteiger partial charge on any atom is -0.436 e. The van der Waals surface area contributed by atoms with Gasteiger partial charge >= 0.3 is 5.97 Å². The lowest BCUT2D eigenvalue weighted by Crippen LogP contribution is -2.16. The summed E-state index contributed by atoms with van der Waals surface area (Å²) in [6, 6.07) is 0. The molecule has 0 bridgehead atoms. The number of ether oxygens (including phenoxy) is 2. The van der Waals surface area contributed by atoms with Gasteiger partial charge in [-0.05, 0) is 11.8 Å². The van der Waals surface area contributed by atoms with Gasteiger partial charge in [0.15, 0.2) is 0 Å². The van der Waals surface area contributed by atoms with Gasteiger partial charge in [0.1, 0.15) is 0 Å². The highest BCUT2D eigenvalue weighted by Crippen LogP contribution is 2.24. The summed E-state index contributed by atoms with van der Waals surface area (Å²) in [5.41, 5.74) is 0.411. The lowest BCUT2D eigenvalue weighted by Gasteiger charge is -2.19. The molecule has 0 saturated heterocycles. The van der Waals surface area contributed by atoms with Crippen LogP contribution in [0.3, 0.4) is 0 Å². The van der Waals surface area contributed by atoms with Crippen molar-refractivity contribution in [2.45, 2.75) is 46.8 Å². The smallest absolute Gasteiger partial charge is 0.304 e. The van der Waals surface area contributed by atoms with Crippen LogP contribution in [0.1, 0.15) is 40.5 Å². The topological polar surface area (TPSA) is 35.5 Å². The molecule has 0 N–H and O–H groups in total. The summed E-state index contributed by atoms with van der Waals surface area (Å²) in [6.45, 7) is 7.73. The lowest BCUT2D eigenvalue weighted by molar-refractivity contribution is -0.171. The summed E-state index contributed by atoms with van der Waals surface area (Å²) in [5.74, 6) is -0.302. The first-order valence-electron chi connectivity index (χ1n) is 5.95. The molecule has 0 radical (unpaired) electrons. The molecule has 0 spiro atoms. The second-order valence-electron chi connectivity index (χ2n) is 4.66. The third-order valence-corrected chi connectivity index (χ3v) is 2.33. The highest BCUT2D eigenvalue weighted by atomic mass is 16.7. The molecule has 0 aromatic rings. The van der Waals surface area contributed by atoms with Crippen LogP contribution < -0.4 is 0 Å². The fourth-order valence-corrected chi connectivity index (χ4v) is 1.32. The fourth-order valence-electron chi connectivity index (χ4n) is 1.32. The Morgan fingerprint density at radius 1 is 1.41 bits per heavy atom. The predicted octanol–water partition coefficient (Wildman–Crippen LogP) is 3.46. The second kappa shape index (κ2) is 8.07. The normalized spacial score (nSPS) is 17.9. The van der Waals surface area contributed by atoms with Gasteiger partial charge in [-0.15, -0.1) is 0 Å². The molecule has 0 aromatic carbocycles. The molecule has 1 unspecified atom stereocenters. The molecule has 0 amide bonds. The van der Waals surface area contributed by atoms with E-state index in [2.05, 4.69) is 42.9 Å². The highest BCUT2D eigenvalue weighted by molar-refractivity contribution is 5.66. The molecule has 1 atom stereocenters. The third-order valence-electron chi connectivity index (χ3n) is 2.33. The number of methoxy groups -OCH3 is 1. The first-order valence-corrected chi connectivity index (χ1v) is 5.95. The maximum atomic E-state index is 10.3. The molecule has 1 aliphatic rings. The Balaban J connectivity index is 0.000000302. The largest absolute Gasteiger partial charge is 0.436 e. The molecule has 3 nitrogen and oxygen atoms in total. The van der Waals surface area contributed by atoms with Crippen LogP contribution in [0.5, 0.6) is 0 Å². The molecule has 0 heterocycles. The Labute approximate surface area is 104 Å². The van der Waals surface area contributed by atoms with Crippen LogP contribution in [-0.4, -0.2) is 19.4 Å². The van der Waals surface area contributed by atoms with E-state index in [-0.39, 0.29) is 12.3 Å². The fraction of sp³-hybridized carbons (Fsp3) is 0.643. The molecule has 1 aliphatic carbocycles. The Morgan fingerprint density at radius 2 is 2.06 bits per heavy atom. The minimum atomic E-state index is -0.373. The van der Waals surface area contributed by atoms with Crippen LogP contribution in [-0.2, 0) is 14.3 Å². The van der Waals surface area contributed by atoms with Gasteiger partial charge in [0.25, 0.3) is 0 Å². The van der Waals surface area contributed by atoms with Crippen LogP contribution in [0.2, 0.25) is 0 Å². The monoisotopic (exact) mass is 240 g/mol. The first-order chi connectivity index (χ1) is 7.91. The number of rotatable bonds is 3. The Hall–Kier alpha value is -1.09. The van der Waals surface area contributed by atoms with E-state index in [1.54, 1.807) is 0 Å². The van der Waals surface area contributed by atoms with Crippen LogP contribution in [0.4, 0.5) is 0 Å². The van der Waals surface area contributed by atoms with Gasteiger partial charge < -0.3 is 9.47 Å². The van der Waals surface area contributed by atoms with E-state index in [9.17, 15) is 4.79 Å². The van der Waals surface area contributed by atoms with E-state index in [1.165, 1.54) is 20.5 Å². The summed E-state index contributed by atoms with van der Waals surface area (Å²) < 4.78 is 9.45. The molecule has 0 aliphatic heterocycles. The van der Waals surface area contributed by atoms with Crippen molar-refractivity contribution >= 4 is 5.97 Å². The zero-order chi connectivity index (χ0) is 13.3. The number of carbonyl (C=O) groups is 1. The average Bonchev–Trinajstić information content (AvgIpc) is 2.26. The van der Waals surface area contributed by atoms with Crippen molar-refractivity contribution in [2.24, 2.45) is 5.41 Å². The van der Waals surface area contributed by atoms with Gasteiger partial charge in [-0.1, -0.05) is 45.1 Å². The van der Waals surface area contributed by atoms with E-state index in [0.29, 0.717) is 11.8 Å². The van der Waals surface area contributed by atoms with Crippen LogP contribution in [0.15, 0.2) is 24.3 Å². The molecule has 0 aromatic heterocycles. The van der Waals surface area contributed by atoms with Crippen molar-refractivity contribution in [3.8, 4) is 0 Å². The SMILES string of the molecule is CC1(C)C=CC=CC1.CCC(OC)OC(C)=O. The van der Waals surface area contributed by atoms with Crippen molar-refractivity contribution < 1.29 is 14.3 Å². The molecule has 0 saturated carbocycles. The summed E-state index contributed by atoms with van der Waals surface area (Å²) >= 11 is 0. The maximum Gasteiger partial charge on any atom is 0.304 e. The van der Waals surface area contributed by atoms with Crippen molar-refractivity contribution in [3.05, 3.63) is 24.3 Å². The predicted molar refractivity (Wildman–Crippen MR) is 69.5 cm³/mol. The zero-order valence-corrected chi connectivity index (χ0v) is 11.5. The van der Waals surface area contributed by atoms with E-state index >= 15 is 0 Å². The number of allylic oxidation sites excluding steroid dienone is 4. The maximum absolute atomic E-state index is 10.3. The number of esters is 1. The molecule has 0 fully saturated rings. The number of hydrogen-bond donors (Lipinski definition) is 0. The molecule has 17 heavy (non-hydrogen) atoms. The van der Waals surface area contributed by atoms with Crippen LogP contribution in [0, 0.1) is 5.41 Å². The van der Waals surface area contributed by atoms with Crippen molar-refractivity contribution in [1.82, 2.24) is 0 Å². The molecule has 1 rings (SSSR count). The molecule has 3 heteroatoms. The third kappa shape index (κ3) is 8.69. The van der Waals surface area contributed by atoms with Crippen molar-refractivity contribution in [2.75, 3.05) is 7.11 Å². The quantitative estimate of drug-likeness (QED) is 0.560. The van der Waals surface area contributed by atoms with Crippen LogP contribution >= 0.6 is 0 Å². The number of hydrogen-bond acceptors (Lipinski definition) is 3. The van der Waals surface area contributed by atoms with Crippen molar-refractivity contribution in [3.63, 3.8) is 0 Å². The van der Waals surface area contributed by atoms with E-state index < -0.39 is 0 Å². The van der Waals surface area contributed by atoms with E-state index in [4.69, 9.17) is 4.74 Å². The summed E-state index contributed by atoms with van der Waals surface area (Å²) in [6.07, 6.45) is 10.2. The molecular weight excluding hydrogens is 216 g/mol. The Bertz CT molecular complexity index is 273. The van der Waals surface area contributed by atoms with Gasteiger partial charge in [0.05, 0.1) is 0 Å². The first kappa shape index (κ1) is 15.9. The lowest BCUT2D eigenvalue weighted by atomic mass is 9.86. The minimum absolute atomic E-state index is 0.302. The van der Waals surface area contributed by atoms with E-state index in [1.807, 2.05) is 6.92 Å². The number of carbonyl (C=O) groups excluding carboxylic acids is 1. The molecule has 98 valence electrons. The zero-order valence-electron chi connectivity index (χ0n) is 11.5. The Morgan fingerprint density at radius 3 is 2.24 bits per heavy atom. The summed E-state index contributed by atoms with van der Waals surface area (Å²) in [4.78, 5) is 10.3. The van der Waals surface area contributed by atoms with Gasteiger partial charge in [-0.3, -0.25) is 4.79 Å². The van der Waals surface area contributed by atoms with Gasteiger partial charge in [-0.25, -0.2) is 0 Å².